The van der Waals surface area contributed by atoms with E-state index in [1.165, 1.54) is 4.52 Å². The van der Waals surface area contributed by atoms with Crippen molar-refractivity contribution in [2.75, 3.05) is 10.6 Å². The minimum atomic E-state index is -0.532. The normalized spacial score (nSPS) is 13.3. The summed E-state index contributed by atoms with van der Waals surface area (Å²) in [5.74, 6) is 6.77. The first-order chi connectivity index (χ1) is 19.8. The number of nitrogen functional groups attached to an aromatic ring is 1. The van der Waals surface area contributed by atoms with Gasteiger partial charge in [-0.15, -0.1) is 5.10 Å². The fourth-order valence-corrected chi connectivity index (χ4v) is 4.92. The molecule has 1 atom stereocenters. The lowest BCUT2D eigenvalue weighted by atomic mass is 9.98. The van der Waals surface area contributed by atoms with Gasteiger partial charge >= 0.3 is 0 Å². The van der Waals surface area contributed by atoms with Crippen molar-refractivity contribution in [2.45, 2.75) is 19.9 Å². The van der Waals surface area contributed by atoms with E-state index < -0.39 is 11.9 Å². The number of para-hydroxylation sites is 1. The molecule has 0 bridgehead atoms. The standard InChI is InChI=1S/C31H27N9O/c1-19-9-5-6-12-25(19)40-21(3)26-23(14-13-22-17-34-38(4)18-22)10-7-11-24(26)36-29(40)20(2)35-31(41)27-28(32)37-39-16-8-15-33-30(27)39/h5-12,15-18,20H,3H2,1-2,4H3,(H2,32,37)(H,35,41)/t20-/m1/s1. The van der Waals surface area contributed by atoms with Crippen molar-refractivity contribution in [3.63, 3.8) is 0 Å². The monoisotopic (exact) mass is 541 g/mol. The van der Waals surface area contributed by atoms with E-state index in [1.54, 1.807) is 29.3 Å². The van der Waals surface area contributed by atoms with Crippen molar-refractivity contribution in [2.24, 2.45) is 12.0 Å². The molecule has 1 aliphatic rings. The number of nitrogens with one attached hydrogen (secondary N) is 1. The molecule has 0 saturated carbocycles. The highest BCUT2D eigenvalue weighted by atomic mass is 16.1. The number of amidine groups is 1. The lowest BCUT2D eigenvalue weighted by molar-refractivity contribution is 0.0951. The van der Waals surface area contributed by atoms with Crippen LogP contribution in [-0.2, 0) is 7.05 Å². The quantitative estimate of drug-likeness (QED) is 0.331. The van der Waals surface area contributed by atoms with Crippen LogP contribution in [0.1, 0.15) is 39.5 Å². The van der Waals surface area contributed by atoms with Crippen molar-refractivity contribution in [3.05, 3.63) is 108 Å². The van der Waals surface area contributed by atoms with E-state index in [9.17, 15) is 4.79 Å². The van der Waals surface area contributed by atoms with Crippen molar-refractivity contribution in [1.29, 1.82) is 0 Å². The lowest BCUT2D eigenvalue weighted by Crippen LogP contribution is -2.47. The Morgan fingerprint density at radius 2 is 1.95 bits per heavy atom. The number of nitrogens with zero attached hydrogens (tertiary/aromatic N) is 7. The SMILES string of the molecule is C=C1c2c(C#Cc3cnn(C)c3)cccc2N=C([C@@H](C)NC(=O)c2c(N)nn3cccnc23)N1c1ccccc1C. The molecular formula is C31H27N9O. The van der Waals surface area contributed by atoms with Gasteiger partial charge in [0, 0.05) is 36.8 Å². The number of aromatic nitrogens is 5. The molecule has 3 N–H and O–H groups in total. The van der Waals surface area contributed by atoms with E-state index in [2.05, 4.69) is 38.9 Å². The third-order valence-electron chi connectivity index (χ3n) is 6.85. The molecule has 3 aromatic heterocycles. The van der Waals surface area contributed by atoms with Gasteiger partial charge in [-0.05, 0) is 43.7 Å². The molecule has 4 heterocycles. The van der Waals surface area contributed by atoms with Crippen LogP contribution in [0.4, 0.5) is 17.2 Å². The Morgan fingerprint density at radius 1 is 1.12 bits per heavy atom. The number of nitrogens with two attached hydrogens (primary N) is 1. The molecule has 5 aromatic rings. The van der Waals surface area contributed by atoms with Gasteiger partial charge in [0.25, 0.3) is 5.91 Å². The van der Waals surface area contributed by atoms with Gasteiger partial charge in [0.05, 0.1) is 34.9 Å². The van der Waals surface area contributed by atoms with Crippen LogP contribution in [-0.4, -0.2) is 42.2 Å². The summed E-state index contributed by atoms with van der Waals surface area (Å²) in [6.45, 7) is 8.40. The zero-order chi connectivity index (χ0) is 28.7. The van der Waals surface area contributed by atoms with E-state index in [4.69, 9.17) is 10.7 Å². The van der Waals surface area contributed by atoms with Gasteiger partial charge in [0.2, 0.25) is 0 Å². The zero-order valence-electron chi connectivity index (χ0n) is 22.8. The highest BCUT2D eigenvalue weighted by Crippen LogP contribution is 2.40. The molecule has 0 unspecified atom stereocenters. The molecule has 1 aliphatic heterocycles. The van der Waals surface area contributed by atoms with Crippen molar-refractivity contribution < 1.29 is 4.79 Å². The number of carbonyl (C=O) groups excluding carboxylic acids is 1. The number of aliphatic imine (C=N–C) groups is 1. The van der Waals surface area contributed by atoms with Crippen LogP contribution in [0.25, 0.3) is 11.3 Å². The van der Waals surface area contributed by atoms with Crippen molar-refractivity contribution >= 4 is 40.3 Å². The van der Waals surface area contributed by atoms with Crippen LogP contribution in [0.2, 0.25) is 0 Å². The molecule has 0 radical (unpaired) electrons. The lowest BCUT2D eigenvalue weighted by Gasteiger charge is -2.36. The minimum absolute atomic E-state index is 0.0985. The number of rotatable bonds is 4. The third-order valence-corrected chi connectivity index (χ3v) is 6.85. The summed E-state index contributed by atoms with van der Waals surface area (Å²) in [5.41, 5.74) is 12.5. The molecule has 41 heavy (non-hydrogen) atoms. The van der Waals surface area contributed by atoms with Crippen molar-refractivity contribution in [1.82, 2.24) is 29.7 Å². The van der Waals surface area contributed by atoms with Gasteiger partial charge in [-0.2, -0.15) is 5.10 Å². The number of anilines is 2. The third kappa shape index (κ3) is 4.59. The van der Waals surface area contributed by atoms with Gasteiger partial charge in [-0.3, -0.25) is 14.4 Å². The number of hydrogen-bond acceptors (Lipinski definition) is 7. The van der Waals surface area contributed by atoms with Gasteiger partial charge in [0.1, 0.15) is 11.4 Å². The molecule has 10 nitrogen and oxygen atoms in total. The van der Waals surface area contributed by atoms with Crippen LogP contribution in [0.3, 0.4) is 0 Å². The summed E-state index contributed by atoms with van der Waals surface area (Å²) in [7, 11) is 1.86. The predicted molar refractivity (Wildman–Crippen MR) is 160 cm³/mol. The Balaban J connectivity index is 1.43. The summed E-state index contributed by atoms with van der Waals surface area (Å²) in [6.07, 6.45) is 6.88. The van der Waals surface area contributed by atoms with Crippen LogP contribution in [0.5, 0.6) is 0 Å². The molecule has 0 aliphatic carbocycles. The fourth-order valence-electron chi connectivity index (χ4n) is 4.92. The van der Waals surface area contributed by atoms with Crippen LogP contribution in [0, 0.1) is 18.8 Å². The van der Waals surface area contributed by atoms with E-state index in [1.807, 2.05) is 74.5 Å². The Bertz CT molecular complexity index is 1940. The Hall–Kier alpha value is -5.69. The summed E-state index contributed by atoms with van der Waals surface area (Å²) in [6, 6.07) is 15.0. The smallest absolute Gasteiger partial charge is 0.259 e. The second-order valence-corrected chi connectivity index (χ2v) is 9.73. The topological polar surface area (TPSA) is 119 Å². The van der Waals surface area contributed by atoms with Crippen LogP contribution in [0.15, 0.2) is 84.9 Å². The molecule has 0 spiro atoms. The molecule has 6 rings (SSSR count). The average Bonchev–Trinajstić information content (AvgIpc) is 3.53. The van der Waals surface area contributed by atoms with E-state index in [0.717, 1.165) is 27.9 Å². The predicted octanol–water partition coefficient (Wildman–Crippen LogP) is 4.09. The fraction of sp³-hybridized carbons (Fsp3) is 0.129. The number of fused-ring (bicyclic) bond motifs is 2. The Labute approximate surface area is 236 Å². The average molecular weight is 542 g/mol. The summed E-state index contributed by atoms with van der Waals surface area (Å²) < 4.78 is 3.20. The molecule has 0 saturated heterocycles. The van der Waals surface area contributed by atoms with Gasteiger partial charge < -0.3 is 11.1 Å². The second kappa shape index (κ2) is 10.1. The van der Waals surface area contributed by atoms with Gasteiger partial charge in [-0.1, -0.05) is 42.7 Å². The first-order valence-corrected chi connectivity index (χ1v) is 13.0. The van der Waals surface area contributed by atoms with Gasteiger partial charge in [0.15, 0.2) is 11.5 Å². The first-order valence-electron chi connectivity index (χ1n) is 13.0. The zero-order valence-corrected chi connectivity index (χ0v) is 22.8. The minimum Gasteiger partial charge on any atom is -0.381 e. The van der Waals surface area contributed by atoms with Crippen molar-refractivity contribution in [3.8, 4) is 11.8 Å². The summed E-state index contributed by atoms with van der Waals surface area (Å²) >= 11 is 0. The largest absolute Gasteiger partial charge is 0.381 e. The second-order valence-electron chi connectivity index (χ2n) is 9.73. The molecule has 10 heteroatoms. The van der Waals surface area contributed by atoms with Gasteiger partial charge in [-0.25, -0.2) is 14.5 Å². The Kier molecular flexibility index (Phi) is 6.32. The van der Waals surface area contributed by atoms with E-state index in [0.29, 0.717) is 22.9 Å². The number of amides is 1. The molecule has 2 aromatic carbocycles. The molecule has 1 amide bonds. The summed E-state index contributed by atoms with van der Waals surface area (Å²) in [5, 5.41) is 11.5. The van der Waals surface area contributed by atoms with Crippen LogP contribution >= 0.6 is 0 Å². The molecular weight excluding hydrogens is 514 g/mol. The number of hydrogen-bond donors (Lipinski definition) is 2. The van der Waals surface area contributed by atoms with Crippen LogP contribution < -0.4 is 16.0 Å². The Morgan fingerprint density at radius 3 is 2.73 bits per heavy atom. The van der Waals surface area contributed by atoms with E-state index in [-0.39, 0.29) is 11.4 Å². The number of aryl methyl sites for hydroxylation is 2. The summed E-state index contributed by atoms with van der Waals surface area (Å²) in [4.78, 5) is 24.8. The highest BCUT2D eigenvalue weighted by Gasteiger charge is 2.32. The van der Waals surface area contributed by atoms with E-state index >= 15 is 0 Å². The maximum absolute atomic E-state index is 13.5. The molecule has 0 fully saturated rings. The maximum atomic E-state index is 13.5. The molecule has 202 valence electrons. The first kappa shape index (κ1) is 25.6. The highest BCUT2D eigenvalue weighted by molar-refractivity contribution is 6.17. The maximum Gasteiger partial charge on any atom is 0.259 e. The number of carbonyl (C=O) groups is 1. The number of benzene rings is 2.